The lowest BCUT2D eigenvalue weighted by atomic mass is 10.00. The van der Waals surface area contributed by atoms with Crippen LogP contribution in [-0.2, 0) is 10.2 Å². The first-order valence-electron chi connectivity index (χ1n) is 6.55. The standard InChI is InChI=1S/C12H22N2O3S/c1-11-2-6-13(7-3-11)18(16,17)14-8-4-12(10-15)5-9-14/h2,12,15H,3-10H2,1H3. The molecule has 0 aromatic rings. The monoisotopic (exact) mass is 274 g/mol. The molecular formula is C12H22N2O3S. The van der Waals surface area contributed by atoms with Crippen LogP contribution in [0.4, 0.5) is 0 Å². The molecule has 5 nitrogen and oxygen atoms in total. The second-order valence-electron chi connectivity index (χ2n) is 5.19. The highest BCUT2D eigenvalue weighted by Crippen LogP contribution is 2.22. The largest absolute Gasteiger partial charge is 0.396 e. The minimum atomic E-state index is -3.30. The van der Waals surface area contributed by atoms with Gasteiger partial charge in [-0.25, -0.2) is 0 Å². The van der Waals surface area contributed by atoms with E-state index in [9.17, 15) is 8.42 Å². The van der Waals surface area contributed by atoms with Crippen LogP contribution in [0.2, 0.25) is 0 Å². The molecule has 2 aliphatic rings. The van der Waals surface area contributed by atoms with Gasteiger partial charge in [-0.3, -0.25) is 0 Å². The number of aliphatic hydroxyl groups excluding tert-OH is 1. The van der Waals surface area contributed by atoms with Crippen LogP contribution in [0.25, 0.3) is 0 Å². The van der Waals surface area contributed by atoms with E-state index in [-0.39, 0.29) is 12.5 Å². The molecule has 0 spiro atoms. The molecular weight excluding hydrogens is 252 g/mol. The highest BCUT2D eigenvalue weighted by atomic mass is 32.2. The SMILES string of the molecule is CC1=CCN(S(=O)(=O)N2CCC(CO)CC2)CC1. The average Bonchev–Trinajstić information content (AvgIpc) is 2.39. The molecule has 1 saturated heterocycles. The number of nitrogens with zero attached hydrogens (tertiary/aromatic N) is 2. The van der Waals surface area contributed by atoms with Gasteiger partial charge in [-0.2, -0.15) is 17.0 Å². The second-order valence-corrected chi connectivity index (χ2v) is 7.12. The van der Waals surface area contributed by atoms with Crippen molar-refractivity contribution < 1.29 is 13.5 Å². The van der Waals surface area contributed by atoms with E-state index in [1.807, 2.05) is 13.0 Å². The summed E-state index contributed by atoms with van der Waals surface area (Å²) >= 11 is 0. The van der Waals surface area contributed by atoms with Crippen LogP contribution in [0, 0.1) is 5.92 Å². The van der Waals surface area contributed by atoms with E-state index in [0.29, 0.717) is 26.2 Å². The number of hydrogen-bond acceptors (Lipinski definition) is 3. The van der Waals surface area contributed by atoms with Gasteiger partial charge in [0.1, 0.15) is 0 Å². The Hall–Kier alpha value is -0.430. The van der Waals surface area contributed by atoms with E-state index in [4.69, 9.17) is 5.11 Å². The Balaban J connectivity index is 1.99. The number of hydrogen-bond donors (Lipinski definition) is 1. The van der Waals surface area contributed by atoms with Crippen molar-refractivity contribution in [2.75, 3.05) is 32.8 Å². The van der Waals surface area contributed by atoms with Gasteiger partial charge in [0, 0.05) is 32.8 Å². The summed E-state index contributed by atoms with van der Waals surface area (Å²) in [5.41, 5.74) is 1.26. The Labute approximate surface area is 109 Å². The number of aliphatic hydroxyl groups is 1. The molecule has 18 heavy (non-hydrogen) atoms. The van der Waals surface area contributed by atoms with Gasteiger partial charge in [0.25, 0.3) is 10.2 Å². The summed E-state index contributed by atoms with van der Waals surface area (Å²) in [4.78, 5) is 0. The molecule has 0 radical (unpaired) electrons. The predicted molar refractivity (Wildman–Crippen MR) is 70.2 cm³/mol. The summed E-state index contributed by atoms with van der Waals surface area (Å²) in [6, 6.07) is 0. The quantitative estimate of drug-likeness (QED) is 0.766. The van der Waals surface area contributed by atoms with E-state index >= 15 is 0 Å². The maximum Gasteiger partial charge on any atom is 0.282 e. The maximum absolute atomic E-state index is 12.4. The van der Waals surface area contributed by atoms with Gasteiger partial charge in [-0.15, -0.1) is 0 Å². The third-order valence-corrected chi connectivity index (χ3v) is 5.89. The van der Waals surface area contributed by atoms with Crippen LogP contribution >= 0.6 is 0 Å². The first-order chi connectivity index (χ1) is 8.54. The summed E-state index contributed by atoms with van der Waals surface area (Å²) in [5.74, 6) is 0.264. The fourth-order valence-corrected chi connectivity index (χ4v) is 4.03. The van der Waals surface area contributed by atoms with Crippen molar-refractivity contribution in [2.45, 2.75) is 26.2 Å². The van der Waals surface area contributed by atoms with E-state index in [1.165, 1.54) is 5.57 Å². The van der Waals surface area contributed by atoms with Crippen molar-refractivity contribution in [3.63, 3.8) is 0 Å². The lowest BCUT2D eigenvalue weighted by Gasteiger charge is -2.35. The minimum absolute atomic E-state index is 0.166. The van der Waals surface area contributed by atoms with E-state index in [0.717, 1.165) is 19.3 Å². The lowest BCUT2D eigenvalue weighted by molar-refractivity contribution is 0.166. The van der Waals surface area contributed by atoms with Crippen LogP contribution < -0.4 is 0 Å². The van der Waals surface area contributed by atoms with Crippen molar-refractivity contribution in [3.8, 4) is 0 Å². The smallest absolute Gasteiger partial charge is 0.282 e. The van der Waals surface area contributed by atoms with Gasteiger partial charge in [0.05, 0.1) is 0 Å². The van der Waals surface area contributed by atoms with Gasteiger partial charge < -0.3 is 5.11 Å². The summed E-state index contributed by atoms with van der Waals surface area (Å²) in [6.45, 7) is 4.36. The summed E-state index contributed by atoms with van der Waals surface area (Å²) < 4.78 is 27.9. The Bertz CT molecular complexity index is 411. The fourth-order valence-electron chi connectivity index (χ4n) is 2.45. The Kier molecular flexibility index (Phi) is 4.42. The molecule has 6 heteroatoms. The van der Waals surface area contributed by atoms with Crippen LogP contribution in [-0.4, -0.2) is 54.9 Å². The van der Waals surface area contributed by atoms with Crippen molar-refractivity contribution in [1.82, 2.24) is 8.61 Å². The number of rotatable bonds is 3. The molecule has 0 saturated carbocycles. The molecule has 1 fully saturated rings. The van der Waals surface area contributed by atoms with Crippen LogP contribution in [0.15, 0.2) is 11.6 Å². The van der Waals surface area contributed by atoms with Gasteiger partial charge >= 0.3 is 0 Å². The molecule has 1 N–H and O–H groups in total. The first-order valence-corrected chi connectivity index (χ1v) is 7.95. The van der Waals surface area contributed by atoms with E-state index in [2.05, 4.69) is 0 Å². The second kappa shape index (κ2) is 5.69. The van der Waals surface area contributed by atoms with Gasteiger partial charge in [0.2, 0.25) is 0 Å². The van der Waals surface area contributed by atoms with Crippen LogP contribution in [0.5, 0.6) is 0 Å². The molecule has 0 aromatic carbocycles. The Morgan fingerprint density at radius 1 is 1.28 bits per heavy atom. The molecule has 0 amide bonds. The van der Waals surface area contributed by atoms with Crippen molar-refractivity contribution in [2.24, 2.45) is 5.92 Å². The first kappa shape index (κ1) is 14.0. The highest BCUT2D eigenvalue weighted by molar-refractivity contribution is 7.86. The summed E-state index contributed by atoms with van der Waals surface area (Å²) in [5, 5.41) is 9.07. The fraction of sp³-hybridized carbons (Fsp3) is 0.833. The highest BCUT2D eigenvalue weighted by Gasteiger charge is 2.32. The summed E-state index contributed by atoms with van der Waals surface area (Å²) in [7, 11) is -3.30. The third-order valence-electron chi connectivity index (χ3n) is 3.88. The predicted octanol–water partition coefficient (Wildman–Crippen LogP) is 0.587. The molecule has 2 heterocycles. The zero-order valence-electron chi connectivity index (χ0n) is 10.9. The van der Waals surface area contributed by atoms with Crippen molar-refractivity contribution >= 4 is 10.2 Å². The zero-order valence-corrected chi connectivity index (χ0v) is 11.7. The molecule has 0 atom stereocenters. The molecule has 0 bridgehead atoms. The molecule has 0 aliphatic carbocycles. The van der Waals surface area contributed by atoms with Crippen LogP contribution in [0.1, 0.15) is 26.2 Å². The molecule has 2 aliphatic heterocycles. The van der Waals surface area contributed by atoms with Gasteiger partial charge in [0.15, 0.2) is 0 Å². The minimum Gasteiger partial charge on any atom is -0.396 e. The molecule has 104 valence electrons. The average molecular weight is 274 g/mol. The Morgan fingerprint density at radius 2 is 1.94 bits per heavy atom. The van der Waals surface area contributed by atoms with Crippen molar-refractivity contribution in [1.29, 1.82) is 0 Å². The molecule has 0 unspecified atom stereocenters. The molecule has 2 rings (SSSR count). The van der Waals surface area contributed by atoms with E-state index in [1.54, 1.807) is 8.61 Å². The Morgan fingerprint density at radius 3 is 2.44 bits per heavy atom. The lowest BCUT2D eigenvalue weighted by Crippen LogP contribution is -2.48. The normalized spacial score (nSPS) is 25.1. The van der Waals surface area contributed by atoms with Crippen molar-refractivity contribution in [3.05, 3.63) is 11.6 Å². The van der Waals surface area contributed by atoms with Crippen LogP contribution in [0.3, 0.4) is 0 Å². The molecule has 0 aromatic heterocycles. The van der Waals surface area contributed by atoms with Gasteiger partial charge in [-0.1, -0.05) is 11.6 Å². The topological polar surface area (TPSA) is 60.9 Å². The number of piperidine rings is 1. The third kappa shape index (κ3) is 2.93. The van der Waals surface area contributed by atoms with E-state index < -0.39 is 10.2 Å². The van der Waals surface area contributed by atoms with Gasteiger partial charge in [-0.05, 0) is 32.1 Å². The maximum atomic E-state index is 12.4. The zero-order chi connectivity index (χ0) is 13.2. The summed E-state index contributed by atoms with van der Waals surface area (Å²) in [6.07, 6.45) is 4.34.